The molecule has 0 atom stereocenters. The largest absolute Gasteiger partial charge is 0.573 e. The van der Waals surface area contributed by atoms with Crippen molar-refractivity contribution in [1.82, 2.24) is 4.98 Å². The number of anilines is 2. The Labute approximate surface area is 141 Å². The molecular formula is C17H13F3N2OS. The first kappa shape index (κ1) is 16.3. The Morgan fingerprint density at radius 3 is 2.29 bits per heavy atom. The standard InChI is InChI=1S/C17H13F3N2OS/c1-22(13-7-9-14(10-8-13)23-17(18,19)20)15-11-24-16(21-15)12-5-3-2-4-6-12/h2-11H,1H3. The van der Waals surface area contributed by atoms with Crippen molar-refractivity contribution in [3.63, 3.8) is 0 Å². The first-order valence-electron chi connectivity index (χ1n) is 7.03. The van der Waals surface area contributed by atoms with Crippen molar-refractivity contribution in [2.45, 2.75) is 6.36 Å². The van der Waals surface area contributed by atoms with Crippen molar-refractivity contribution in [3.8, 4) is 16.3 Å². The summed E-state index contributed by atoms with van der Waals surface area (Å²) in [7, 11) is 1.81. The lowest BCUT2D eigenvalue weighted by atomic mass is 10.2. The SMILES string of the molecule is CN(c1ccc(OC(F)(F)F)cc1)c1csc(-c2ccccc2)n1. The number of nitrogens with zero attached hydrogens (tertiary/aromatic N) is 2. The van der Waals surface area contributed by atoms with E-state index < -0.39 is 6.36 Å². The van der Waals surface area contributed by atoms with E-state index in [1.807, 2.05) is 42.8 Å². The minimum atomic E-state index is -4.69. The lowest BCUT2D eigenvalue weighted by Gasteiger charge is -2.17. The highest BCUT2D eigenvalue weighted by Crippen LogP contribution is 2.31. The summed E-state index contributed by atoms with van der Waals surface area (Å²) in [5.41, 5.74) is 1.74. The lowest BCUT2D eigenvalue weighted by molar-refractivity contribution is -0.274. The third-order valence-corrected chi connectivity index (χ3v) is 4.19. The molecule has 1 aromatic heterocycles. The summed E-state index contributed by atoms with van der Waals surface area (Å²) in [5.74, 6) is 0.478. The minimum absolute atomic E-state index is 0.247. The number of thiazole rings is 1. The third kappa shape index (κ3) is 3.86. The molecule has 3 nitrogen and oxygen atoms in total. The van der Waals surface area contributed by atoms with Crippen LogP contribution < -0.4 is 9.64 Å². The zero-order valence-corrected chi connectivity index (χ0v) is 13.4. The molecule has 7 heteroatoms. The van der Waals surface area contributed by atoms with Gasteiger partial charge in [0.2, 0.25) is 0 Å². The molecule has 0 aliphatic rings. The molecule has 0 saturated heterocycles. The Kier molecular flexibility index (Phi) is 4.44. The molecule has 3 aromatic rings. The maximum Gasteiger partial charge on any atom is 0.573 e. The van der Waals surface area contributed by atoms with Crippen LogP contribution in [0.25, 0.3) is 10.6 Å². The van der Waals surface area contributed by atoms with Crippen molar-refractivity contribution < 1.29 is 17.9 Å². The number of aromatic nitrogens is 1. The van der Waals surface area contributed by atoms with Crippen molar-refractivity contribution in [1.29, 1.82) is 0 Å². The third-order valence-electron chi connectivity index (χ3n) is 3.31. The molecule has 0 bridgehead atoms. The van der Waals surface area contributed by atoms with Gasteiger partial charge in [-0.05, 0) is 24.3 Å². The van der Waals surface area contributed by atoms with Crippen LogP contribution in [0.15, 0.2) is 60.0 Å². The second kappa shape index (κ2) is 6.52. The van der Waals surface area contributed by atoms with E-state index in [9.17, 15) is 13.2 Å². The van der Waals surface area contributed by atoms with Gasteiger partial charge in [-0.25, -0.2) is 4.98 Å². The molecule has 0 spiro atoms. The highest BCUT2D eigenvalue weighted by atomic mass is 32.1. The molecule has 0 aliphatic carbocycles. The van der Waals surface area contributed by atoms with Crippen LogP contribution in [0.3, 0.4) is 0 Å². The molecule has 0 saturated carbocycles. The fourth-order valence-electron chi connectivity index (χ4n) is 2.14. The Morgan fingerprint density at radius 1 is 1.00 bits per heavy atom. The first-order valence-corrected chi connectivity index (χ1v) is 7.91. The fraction of sp³-hybridized carbons (Fsp3) is 0.118. The van der Waals surface area contributed by atoms with E-state index in [0.29, 0.717) is 0 Å². The predicted molar refractivity (Wildman–Crippen MR) is 88.7 cm³/mol. The van der Waals surface area contributed by atoms with E-state index in [1.54, 1.807) is 17.0 Å². The fourth-order valence-corrected chi connectivity index (χ4v) is 2.98. The topological polar surface area (TPSA) is 25.4 Å². The number of halogens is 3. The molecule has 0 aliphatic heterocycles. The molecule has 2 aromatic carbocycles. The van der Waals surface area contributed by atoms with Crippen LogP contribution in [0.2, 0.25) is 0 Å². The average Bonchev–Trinajstić information content (AvgIpc) is 3.04. The number of ether oxygens (including phenoxy) is 1. The molecule has 124 valence electrons. The summed E-state index contributed by atoms with van der Waals surface area (Å²) in [6.45, 7) is 0. The zero-order valence-electron chi connectivity index (χ0n) is 12.6. The molecule has 1 heterocycles. The van der Waals surface area contributed by atoms with E-state index in [0.717, 1.165) is 22.1 Å². The summed E-state index contributed by atoms with van der Waals surface area (Å²) in [6, 6.07) is 15.5. The van der Waals surface area contributed by atoms with Gasteiger partial charge in [-0.2, -0.15) is 0 Å². The molecule has 3 rings (SSSR count). The van der Waals surface area contributed by atoms with Crippen molar-refractivity contribution >= 4 is 22.8 Å². The highest BCUT2D eigenvalue weighted by molar-refractivity contribution is 7.13. The number of benzene rings is 2. The Balaban J connectivity index is 1.77. The van der Waals surface area contributed by atoms with Crippen LogP contribution >= 0.6 is 11.3 Å². The van der Waals surface area contributed by atoms with Crippen LogP contribution in [-0.2, 0) is 0 Å². The van der Waals surface area contributed by atoms with E-state index >= 15 is 0 Å². The molecule has 0 unspecified atom stereocenters. The van der Waals surface area contributed by atoms with Crippen molar-refractivity contribution in [2.75, 3.05) is 11.9 Å². The van der Waals surface area contributed by atoms with Gasteiger partial charge >= 0.3 is 6.36 Å². The van der Waals surface area contributed by atoms with Crippen LogP contribution in [0.5, 0.6) is 5.75 Å². The number of rotatable bonds is 4. The van der Waals surface area contributed by atoms with Gasteiger partial charge in [0.25, 0.3) is 0 Å². The van der Waals surface area contributed by atoms with Gasteiger partial charge in [0.05, 0.1) is 0 Å². The van der Waals surface area contributed by atoms with Crippen LogP contribution in [0.4, 0.5) is 24.7 Å². The van der Waals surface area contributed by atoms with Gasteiger partial charge in [0.15, 0.2) is 0 Å². The number of alkyl halides is 3. The quantitative estimate of drug-likeness (QED) is 0.623. The predicted octanol–water partition coefficient (Wildman–Crippen LogP) is 5.48. The minimum Gasteiger partial charge on any atom is -0.406 e. The molecule has 0 amide bonds. The van der Waals surface area contributed by atoms with Gasteiger partial charge in [0, 0.05) is 23.7 Å². The Hall–Kier alpha value is -2.54. The van der Waals surface area contributed by atoms with Crippen LogP contribution in [0.1, 0.15) is 0 Å². The number of hydrogen-bond acceptors (Lipinski definition) is 4. The summed E-state index contributed by atoms with van der Waals surface area (Å²) >= 11 is 1.51. The summed E-state index contributed by atoms with van der Waals surface area (Å²) in [4.78, 5) is 6.38. The Morgan fingerprint density at radius 2 is 1.67 bits per heavy atom. The lowest BCUT2D eigenvalue weighted by Crippen LogP contribution is -2.17. The zero-order chi connectivity index (χ0) is 17.2. The van der Waals surface area contributed by atoms with Gasteiger partial charge in [-0.1, -0.05) is 30.3 Å². The van der Waals surface area contributed by atoms with Gasteiger partial charge in [0.1, 0.15) is 16.6 Å². The summed E-state index contributed by atoms with van der Waals surface area (Å²) in [5, 5.41) is 2.79. The van der Waals surface area contributed by atoms with Crippen LogP contribution in [0, 0.1) is 0 Å². The maximum atomic E-state index is 12.2. The van der Waals surface area contributed by atoms with Gasteiger partial charge < -0.3 is 9.64 Å². The Bertz CT molecular complexity index is 801. The monoisotopic (exact) mass is 350 g/mol. The normalized spacial score (nSPS) is 11.3. The molecule has 0 N–H and O–H groups in total. The van der Waals surface area contributed by atoms with E-state index in [-0.39, 0.29) is 5.75 Å². The maximum absolute atomic E-state index is 12.2. The van der Waals surface area contributed by atoms with E-state index in [4.69, 9.17) is 0 Å². The molecule has 0 radical (unpaired) electrons. The molecule has 24 heavy (non-hydrogen) atoms. The second-order valence-corrected chi connectivity index (χ2v) is 5.84. The highest BCUT2D eigenvalue weighted by Gasteiger charge is 2.31. The summed E-state index contributed by atoms with van der Waals surface area (Å²) < 4.78 is 40.4. The van der Waals surface area contributed by atoms with Crippen molar-refractivity contribution in [3.05, 3.63) is 60.0 Å². The van der Waals surface area contributed by atoms with Gasteiger partial charge in [-0.15, -0.1) is 24.5 Å². The van der Waals surface area contributed by atoms with Gasteiger partial charge in [-0.3, -0.25) is 0 Å². The summed E-state index contributed by atoms with van der Waals surface area (Å²) in [6.07, 6.45) is -4.69. The second-order valence-electron chi connectivity index (χ2n) is 4.98. The van der Waals surface area contributed by atoms with Crippen LogP contribution in [-0.4, -0.2) is 18.4 Å². The van der Waals surface area contributed by atoms with E-state index in [1.165, 1.54) is 23.5 Å². The smallest absolute Gasteiger partial charge is 0.406 e. The molecular weight excluding hydrogens is 337 g/mol. The first-order chi connectivity index (χ1) is 11.4. The van der Waals surface area contributed by atoms with E-state index in [2.05, 4.69) is 9.72 Å². The molecule has 0 fully saturated rings. The average molecular weight is 350 g/mol. The number of hydrogen-bond donors (Lipinski definition) is 0. The van der Waals surface area contributed by atoms with Crippen molar-refractivity contribution in [2.24, 2.45) is 0 Å².